The van der Waals surface area contributed by atoms with E-state index in [2.05, 4.69) is 5.32 Å². The molecule has 1 atom stereocenters. The molecule has 1 amide bonds. The average molecular weight is 276 g/mol. The molecule has 1 N–H and O–H groups in total. The van der Waals surface area contributed by atoms with Crippen LogP contribution >= 0.6 is 0 Å². The Morgan fingerprint density at radius 2 is 2.25 bits per heavy atom. The minimum Gasteiger partial charge on any atom is -0.383 e. The van der Waals surface area contributed by atoms with Gasteiger partial charge in [-0.2, -0.15) is 5.26 Å². The quantitative estimate of drug-likeness (QED) is 0.655. The van der Waals surface area contributed by atoms with Gasteiger partial charge in [-0.25, -0.2) is 0 Å². The molecule has 0 aliphatic heterocycles. The molecule has 1 unspecified atom stereocenters. The molecule has 0 saturated heterocycles. The van der Waals surface area contributed by atoms with Gasteiger partial charge in [0, 0.05) is 31.8 Å². The summed E-state index contributed by atoms with van der Waals surface area (Å²) in [7, 11) is 3.15. The molecule has 1 aromatic rings. The lowest BCUT2D eigenvalue weighted by atomic mass is 10.1. The first-order chi connectivity index (χ1) is 9.42. The van der Waals surface area contributed by atoms with Gasteiger partial charge in [0.1, 0.15) is 5.69 Å². The van der Waals surface area contributed by atoms with Crippen LogP contribution in [0.15, 0.2) is 18.2 Å². The van der Waals surface area contributed by atoms with Gasteiger partial charge in [-0.3, -0.25) is 14.9 Å². The molecular weight excluding hydrogens is 260 g/mol. The minimum atomic E-state index is -0.540. The molecule has 0 aliphatic carbocycles. The van der Waals surface area contributed by atoms with E-state index in [1.165, 1.54) is 23.1 Å². The van der Waals surface area contributed by atoms with E-state index in [0.29, 0.717) is 5.69 Å². The van der Waals surface area contributed by atoms with Crippen LogP contribution in [-0.4, -0.2) is 35.9 Å². The number of benzene rings is 1. The highest BCUT2D eigenvalue weighted by molar-refractivity contribution is 5.95. The van der Waals surface area contributed by atoms with Crippen LogP contribution in [0.1, 0.15) is 23.7 Å². The minimum absolute atomic E-state index is 0.153. The average Bonchev–Trinajstić information content (AvgIpc) is 2.45. The van der Waals surface area contributed by atoms with Crippen molar-refractivity contribution in [2.45, 2.75) is 19.4 Å². The molecule has 0 aliphatic rings. The van der Waals surface area contributed by atoms with E-state index in [-0.39, 0.29) is 29.6 Å². The third-order valence-corrected chi connectivity index (χ3v) is 3.08. The fraction of sp³-hybridized carbons (Fsp3) is 0.385. The fourth-order valence-corrected chi connectivity index (χ4v) is 1.70. The standard InChI is InChI=1S/C13H16N4O3/c1-9(6-7-14)16(3)13(18)10-4-5-11(15-2)12(8-10)17(19)20/h4-5,8-9,15H,6H2,1-3H3. The van der Waals surface area contributed by atoms with Gasteiger partial charge in [0.2, 0.25) is 0 Å². The molecule has 7 heteroatoms. The second-order valence-corrected chi connectivity index (χ2v) is 4.37. The highest BCUT2D eigenvalue weighted by Gasteiger charge is 2.21. The maximum Gasteiger partial charge on any atom is 0.293 e. The van der Waals surface area contributed by atoms with Crippen LogP contribution in [0.4, 0.5) is 11.4 Å². The normalized spacial score (nSPS) is 11.3. The molecule has 106 valence electrons. The summed E-state index contributed by atoms with van der Waals surface area (Å²) in [6.07, 6.45) is 0.207. The second kappa shape index (κ2) is 6.52. The van der Waals surface area contributed by atoms with Crippen molar-refractivity contribution in [2.75, 3.05) is 19.4 Å². The maximum atomic E-state index is 12.2. The van der Waals surface area contributed by atoms with Crippen molar-refractivity contribution in [1.29, 1.82) is 5.26 Å². The zero-order valence-corrected chi connectivity index (χ0v) is 11.6. The lowest BCUT2D eigenvalue weighted by molar-refractivity contribution is -0.384. The van der Waals surface area contributed by atoms with Crippen LogP contribution in [0, 0.1) is 21.4 Å². The second-order valence-electron chi connectivity index (χ2n) is 4.37. The van der Waals surface area contributed by atoms with Crippen molar-refractivity contribution in [2.24, 2.45) is 0 Å². The molecule has 0 saturated carbocycles. The molecule has 1 aromatic carbocycles. The Kier molecular flexibility index (Phi) is 5.03. The smallest absolute Gasteiger partial charge is 0.293 e. The third kappa shape index (κ3) is 3.23. The summed E-state index contributed by atoms with van der Waals surface area (Å²) in [5.41, 5.74) is 0.418. The largest absolute Gasteiger partial charge is 0.383 e. The molecule has 0 bridgehead atoms. The van der Waals surface area contributed by atoms with Crippen LogP contribution in [0.2, 0.25) is 0 Å². The number of nitriles is 1. The lowest BCUT2D eigenvalue weighted by Crippen LogP contribution is -2.34. The van der Waals surface area contributed by atoms with Gasteiger partial charge in [-0.05, 0) is 19.1 Å². The van der Waals surface area contributed by atoms with E-state index in [1.54, 1.807) is 21.0 Å². The number of carbonyl (C=O) groups excluding carboxylic acids is 1. The van der Waals surface area contributed by atoms with E-state index in [4.69, 9.17) is 5.26 Å². The SMILES string of the molecule is CNc1ccc(C(=O)N(C)C(C)CC#N)cc1[N+](=O)[O-]. The highest BCUT2D eigenvalue weighted by atomic mass is 16.6. The van der Waals surface area contributed by atoms with Crippen LogP contribution in [0.3, 0.4) is 0 Å². The number of nitrogens with zero attached hydrogens (tertiary/aromatic N) is 3. The topological polar surface area (TPSA) is 99.3 Å². The maximum absolute atomic E-state index is 12.2. The molecule has 0 aromatic heterocycles. The van der Waals surface area contributed by atoms with Crippen molar-refractivity contribution in [3.63, 3.8) is 0 Å². The van der Waals surface area contributed by atoms with E-state index >= 15 is 0 Å². The third-order valence-electron chi connectivity index (χ3n) is 3.08. The van der Waals surface area contributed by atoms with Gasteiger partial charge in [-0.15, -0.1) is 0 Å². The number of carbonyl (C=O) groups is 1. The summed E-state index contributed by atoms with van der Waals surface area (Å²) in [6, 6.07) is 5.99. The van der Waals surface area contributed by atoms with Crippen molar-refractivity contribution >= 4 is 17.3 Å². The predicted molar refractivity (Wildman–Crippen MR) is 74.4 cm³/mol. The Balaban J connectivity index is 3.09. The number of nitro benzene ring substituents is 1. The number of hydrogen-bond donors (Lipinski definition) is 1. The Morgan fingerprint density at radius 3 is 2.75 bits per heavy atom. The summed E-state index contributed by atoms with van der Waals surface area (Å²) in [4.78, 5) is 24.0. The molecular formula is C13H16N4O3. The van der Waals surface area contributed by atoms with E-state index in [0.717, 1.165) is 0 Å². The molecule has 0 spiro atoms. The van der Waals surface area contributed by atoms with Gasteiger partial charge in [0.05, 0.1) is 17.4 Å². The molecule has 7 nitrogen and oxygen atoms in total. The monoisotopic (exact) mass is 276 g/mol. The Hall–Kier alpha value is -2.62. The molecule has 0 fully saturated rings. The zero-order valence-electron chi connectivity index (χ0n) is 11.6. The number of nitro groups is 1. The number of anilines is 1. The first-order valence-corrected chi connectivity index (χ1v) is 6.02. The number of hydrogen-bond acceptors (Lipinski definition) is 5. The van der Waals surface area contributed by atoms with E-state index < -0.39 is 4.92 Å². The Labute approximate surface area is 117 Å². The van der Waals surface area contributed by atoms with E-state index in [1.807, 2.05) is 6.07 Å². The summed E-state index contributed by atoms with van der Waals surface area (Å²) >= 11 is 0. The Morgan fingerprint density at radius 1 is 1.60 bits per heavy atom. The highest BCUT2D eigenvalue weighted by Crippen LogP contribution is 2.25. The fourth-order valence-electron chi connectivity index (χ4n) is 1.70. The first kappa shape index (κ1) is 15.4. The first-order valence-electron chi connectivity index (χ1n) is 6.02. The van der Waals surface area contributed by atoms with Crippen molar-refractivity contribution < 1.29 is 9.72 Å². The summed E-state index contributed by atoms with van der Waals surface area (Å²) in [5, 5.41) is 22.3. The molecule has 20 heavy (non-hydrogen) atoms. The van der Waals surface area contributed by atoms with Gasteiger partial charge >= 0.3 is 0 Å². The lowest BCUT2D eigenvalue weighted by Gasteiger charge is -2.23. The number of nitrogens with one attached hydrogen (secondary N) is 1. The number of amides is 1. The number of rotatable bonds is 5. The predicted octanol–water partition coefficient (Wildman–Crippen LogP) is 2.01. The molecule has 1 rings (SSSR count). The van der Waals surface area contributed by atoms with Gasteiger partial charge in [0.15, 0.2) is 0 Å². The van der Waals surface area contributed by atoms with Gasteiger partial charge < -0.3 is 10.2 Å². The zero-order chi connectivity index (χ0) is 15.3. The Bertz CT molecular complexity index is 565. The van der Waals surface area contributed by atoms with Gasteiger partial charge in [-0.1, -0.05) is 0 Å². The molecule has 0 heterocycles. The van der Waals surface area contributed by atoms with Crippen LogP contribution in [0.25, 0.3) is 0 Å². The summed E-state index contributed by atoms with van der Waals surface area (Å²) in [6.45, 7) is 1.75. The van der Waals surface area contributed by atoms with Crippen LogP contribution in [-0.2, 0) is 0 Å². The van der Waals surface area contributed by atoms with Crippen LogP contribution in [0.5, 0.6) is 0 Å². The van der Waals surface area contributed by atoms with Crippen LogP contribution < -0.4 is 5.32 Å². The van der Waals surface area contributed by atoms with Crippen molar-refractivity contribution in [3.05, 3.63) is 33.9 Å². The van der Waals surface area contributed by atoms with Gasteiger partial charge in [0.25, 0.3) is 11.6 Å². The summed E-state index contributed by atoms with van der Waals surface area (Å²) < 4.78 is 0. The van der Waals surface area contributed by atoms with Crippen molar-refractivity contribution in [3.8, 4) is 6.07 Å². The van der Waals surface area contributed by atoms with Crippen molar-refractivity contribution in [1.82, 2.24) is 4.90 Å². The van der Waals surface area contributed by atoms with E-state index in [9.17, 15) is 14.9 Å². The summed E-state index contributed by atoms with van der Waals surface area (Å²) in [5.74, 6) is -0.349. The molecule has 0 radical (unpaired) electrons.